The van der Waals surface area contributed by atoms with Crippen molar-refractivity contribution in [1.82, 2.24) is 14.8 Å². The molecule has 28 heavy (non-hydrogen) atoms. The molecule has 0 radical (unpaired) electrons. The molecule has 2 heterocycles. The molecule has 142 valence electrons. The monoisotopic (exact) mass is 401 g/mol. The molecule has 0 unspecified atom stereocenters. The molecule has 0 amide bonds. The molecule has 0 aliphatic carbocycles. The molecule has 0 aliphatic heterocycles. The molecule has 0 atom stereocenters. The summed E-state index contributed by atoms with van der Waals surface area (Å²) in [6, 6.07) is 18.2. The van der Waals surface area contributed by atoms with Crippen molar-refractivity contribution in [3.63, 3.8) is 0 Å². The number of nitrogens with zero attached hydrogens (tertiary/aromatic N) is 3. The lowest BCUT2D eigenvalue weighted by Crippen LogP contribution is -2.07. The van der Waals surface area contributed by atoms with Crippen LogP contribution in [0, 0.1) is 0 Å². The van der Waals surface area contributed by atoms with Crippen molar-refractivity contribution in [2.45, 2.75) is 17.1 Å². The van der Waals surface area contributed by atoms with Gasteiger partial charge in [-0.2, -0.15) is 13.2 Å². The standard InChI is InChI=1S/C20H14F3N3OS/c21-20(22,23)15-8-4-9-16(12-15)26-18(17-10-5-11-27-17)24-25-19(26)28-13-14-6-2-1-3-7-14/h1-12H,13H2. The minimum Gasteiger partial charge on any atom is -0.461 e. The molecule has 0 N–H and O–H groups in total. The first kappa shape index (κ1) is 18.4. The number of hydrogen-bond donors (Lipinski definition) is 0. The van der Waals surface area contributed by atoms with Crippen LogP contribution in [0.1, 0.15) is 11.1 Å². The molecular formula is C20H14F3N3OS. The van der Waals surface area contributed by atoms with Crippen molar-refractivity contribution < 1.29 is 17.6 Å². The van der Waals surface area contributed by atoms with Gasteiger partial charge in [0.25, 0.3) is 0 Å². The van der Waals surface area contributed by atoms with E-state index in [1.807, 2.05) is 30.3 Å². The van der Waals surface area contributed by atoms with Crippen molar-refractivity contribution in [3.8, 4) is 17.3 Å². The Morgan fingerprint density at radius 2 is 1.75 bits per heavy atom. The zero-order valence-corrected chi connectivity index (χ0v) is 15.2. The third kappa shape index (κ3) is 3.82. The number of rotatable bonds is 5. The van der Waals surface area contributed by atoms with E-state index in [1.54, 1.807) is 22.8 Å². The second-order valence-electron chi connectivity index (χ2n) is 5.94. The molecule has 0 saturated heterocycles. The number of thioether (sulfide) groups is 1. The first-order valence-corrected chi connectivity index (χ1v) is 9.34. The molecule has 0 aliphatic rings. The highest BCUT2D eigenvalue weighted by molar-refractivity contribution is 7.98. The van der Waals surface area contributed by atoms with Gasteiger partial charge in [0.2, 0.25) is 5.82 Å². The van der Waals surface area contributed by atoms with E-state index >= 15 is 0 Å². The van der Waals surface area contributed by atoms with Crippen molar-refractivity contribution in [2.24, 2.45) is 0 Å². The Kier molecular flexibility index (Phi) is 4.95. The van der Waals surface area contributed by atoms with E-state index in [1.165, 1.54) is 24.1 Å². The third-order valence-electron chi connectivity index (χ3n) is 4.02. The quantitative estimate of drug-likeness (QED) is 0.394. The normalized spacial score (nSPS) is 11.7. The number of alkyl halides is 3. The van der Waals surface area contributed by atoms with Gasteiger partial charge in [0, 0.05) is 5.75 Å². The van der Waals surface area contributed by atoms with E-state index in [-0.39, 0.29) is 0 Å². The molecule has 4 aromatic rings. The van der Waals surface area contributed by atoms with Crippen LogP contribution in [0.3, 0.4) is 0 Å². The Bertz CT molecular complexity index is 1060. The van der Waals surface area contributed by atoms with Gasteiger partial charge in [0.05, 0.1) is 17.5 Å². The van der Waals surface area contributed by atoms with Gasteiger partial charge >= 0.3 is 6.18 Å². The van der Waals surface area contributed by atoms with Gasteiger partial charge in [-0.15, -0.1) is 10.2 Å². The third-order valence-corrected chi connectivity index (χ3v) is 5.02. The van der Waals surface area contributed by atoms with Crippen molar-refractivity contribution in [3.05, 3.63) is 84.1 Å². The minimum atomic E-state index is -4.44. The fourth-order valence-electron chi connectivity index (χ4n) is 2.71. The predicted octanol–water partition coefficient (Wildman–Crippen LogP) is 5.84. The smallest absolute Gasteiger partial charge is 0.416 e. The number of hydrogen-bond acceptors (Lipinski definition) is 4. The summed E-state index contributed by atoms with van der Waals surface area (Å²) in [5.41, 5.74) is 0.663. The highest BCUT2D eigenvalue weighted by Crippen LogP contribution is 2.34. The largest absolute Gasteiger partial charge is 0.461 e. The Balaban J connectivity index is 1.76. The molecule has 2 aromatic heterocycles. The van der Waals surface area contributed by atoms with E-state index in [0.29, 0.717) is 28.2 Å². The maximum Gasteiger partial charge on any atom is 0.416 e. The Labute approximate surface area is 163 Å². The number of furan rings is 1. The average Bonchev–Trinajstić information content (AvgIpc) is 3.36. The lowest BCUT2D eigenvalue weighted by atomic mass is 10.2. The lowest BCUT2D eigenvalue weighted by Gasteiger charge is -2.12. The predicted molar refractivity (Wildman–Crippen MR) is 100 cm³/mol. The maximum absolute atomic E-state index is 13.2. The van der Waals surface area contributed by atoms with Crippen LogP contribution in [0.15, 0.2) is 82.6 Å². The molecule has 0 fully saturated rings. The summed E-state index contributed by atoms with van der Waals surface area (Å²) < 4.78 is 46.6. The average molecular weight is 401 g/mol. The number of benzene rings is 2. The zero-order valence-electron chi connectivity index (χ0n) is 14.4. The fraction of sp³-hybridized carbons (Fsp3) is 0.100. The van der Waals surface area contributed by atoms with Crippen LogP contribution >= 0.6 is 11.8 Å². The molecule has 0 bridgehead atoms. The molecule has 0 spiro atoms. The summed E-state index contributed by atoms with van der Waals surface area (Å²) in [4.78, 5) is 0. The van der Waals surface area contributed by atoms with Crippen LogP contribution in [0.4, 0.5) is 13.2 Å². The Morgan fingerprint density at radius 1 is 0.929 bits per heavy atom. The van der Waals surface area contributed by atoms with Gasteiger partial charge in [-0.05, 0) is 35.9 Å². The van der Waals surface area contributed by atoms with Crippen LogP contribution in [0.25, 0.3) is 17.3 Å². The van der Waals surface area contributed by atoms with E-state index in [0.717, 1.165) is 17.7 Å². The molecule has 8 heteroatoms. The first-order chi connectivity index (χ1) is 13.5. The van der Waals surface area contributed by atoms with Crippen molar-refractivity contribution in [1.29, 1.82) is 0 Å². The van der Waals surface area contributed by atoms with E-state index in [2.05, 4.69) is 10.2 Å². The van der Waals surface area contributed by atoms with Crippen LogP contribution in [0.2, 0.25) is 0 Å². The van der Waals surface area contributed by atoms with Gasteiger partial charge in [0.15, 0.2) is 10.9 Å². The molecule has 4 nitrogen and oxygen atoms in total. The topological polar surface area (TPSA) is 43.9 Å². The Morgan fingerprint density at radius 3 is 2.46 bits per heavy atom. The summed E-state index contributed by atoms with van der Waals surface area (Å²) in [6.07, 6.45) is -2.95. The van der Waals surface area contributed by atoms with Gasteiger partial charge in [0.1, 0.15) is 0 Å². The summed E-state index contributed by atoms with van der Waals surface area (Å²) >= 11 is 1.39. The second kappa shape index (κ2) is 7.55. The van der Waals surface area contributed by atoms with E-state index in [4.69, 9.17) is 4.42 Å². The van der Waals surface area contributed by atoms with Crippen molar-refractivity contribution >= 4 is 11.8 Å². The summed E-state index contributed by atoms with van der Waals surface area (Å²) in [5, 5.41) is 8.83. The van der Waals surface area contributed by atoms with Gasteiger partial charge in [-0.1, -0.05) is 48.2 Å². The molecule has 0 saturated carbocycles. The highest BCUT2D eigenvalue weighted by Gasteiger charge is 2.31. The summed E-state index contributed by atoms with van der Waals surface area (Å²) in [7, 11) is 0. The van der Waals surface area contributed by atoms with E-state index in [9.17, 15) is 13.2 Å². The van der Waals surface area contributed by atoms with Crippen LogP contribution in [0.5, 0.6) is 0 Å². The summed E-state index contributed by atoms with van der Waals surface area (Å²) in [6.45, 7) is 0. The van der Waals surface area contributed by atoms with Gasteiger partial charge in [-0.25, -0.2) is 0 Å². The SMILES string of the molecule is FC(F)(F)c1cccc(-n2c(SCc3ccccc3)nnc2-c2ccco2)c1. The fourth-order valence-corrected chi connectivity index (χ4v) is 3.61. The molecular weight excluding hydrogens is 387 g/mol. The zero-order chi connectivity index (χ0) is 19.6. The summed E-state index contributed by atoms with van der Waals surface area (Å²) in [5.74, 6) is 1.38. The molecule has 2 aromatic carbocycles. The molecule has 4 rings (SSSR count). The second-order valence-corrected chi connectivity index (χ2v) is 6.88. The minimum absolute atomic E-state index is 0.321. The lowest BCUT2D eigenvalue weighted by molar-refractivity contribution is -0.137. The van der Waals surface area contributed by atoms with Gasteiger partial charge < -0.3 is 4.42 Å². The van der Waals surface area contributed by atoms with Crippen molar-refractivity contribution in [2.75, 3.05) is 0 Å². The van der Waals surface area contributed by atoms with Crippen LogP contribution in [-0.2, 0) is 11.9 Å². The van der Waals surface area contributed by atoms with Crippen LogP contribution in [-0.4, -0.2) is 14.8 Å². The first-order valence-electron chi connectivity index (χ1n) is 8.36. The highest BCUT2D eigenvalue weighted by atomic mass is 32.2. The van der Waals surface area contributed by atoms with E-state index < -0.39 is 11.7 Å². The van der Waals surface area contributed by atoms with Gasteiger partial charge in [-0.3, -0.25) is 4.57 Å². The number of aromatic nitrogens is 3. The number of halogens is 3. The maximum atomic E-state index is 13.2. The van der Waals surface area contributed by atoms with Crippen LogP contribution < -0.4 is 0 Å². The Hall–Kier alpha value is -3.00.